The lowest BCUT2D eigenvalue weighted by molar-refractivity contribution is 0.406. The van der Waals surface area contributed by atoms with E-state index in [0.29, 0.717) is 6.04 Å². The Kier molecular flexibility index (Phi) is 4.80. The van der Waals surface area contributed by atoms with Crippen LogP contribution in [0.3, 0.4) is 0 Å². The van der Waals surface area contributed by atoms with Crippen molar-refractivity contribution in [3.63, 3.8) is 0 Å². The van der Waals surface area contributed by atoms with E-state index in [1.807, 2.05) is 0 Å². The smallest absolute Gasteiger partial charge is 0.123 e. The van der Waals surface area contributed by atoms with E-state index in [-0.39, 0.29) is 0 Å². The van der Waals surface area contributed by atoms with Crippen molar-refractivity contribution in [3.8, 4) is 16.9 Å². The molecule has 0 aliphatic rings. The number of nitrogens with one attached hydrogen (secondary N) is 1. The molecule has 0 aliphatic carbocycles. The molecule has 1 N–H and O–H groups in total. The molecule has 2 aromatic carbocycles. The van der Waals surface area contributed by atoms with Crippen LogP contribution in [-0.2, 0) is 6.54 Å². The van der Waals surface area contributed by atoms with Gasteiger partial charge in [0.05, 0.1) is 7.11 Å². The third-order valence-corrected chi connectivity index (χ3v) is 3.44. The zero-order chi connectivity index (χ0) is 14.5. The molecule has 0 aliphatic heterocycles. The normalized spacial score (nSPS) is 10.8. The first-order valence-electron chi connectivity index (χ1n) is 7.08. The summed E-state index contributed by atoms with van der Waals surface area (Å²) in [4.78, 5) is 0. The average Bonchev–Trinajstić information content (AvgIpc) is 2.45. The molecule has 2 rings (SSSR count). The summed E-state index contributed by atoms with van der Waals surface area (Å²) in [6.45, 7) is 7.27. The maximum Gasteiger partial charge on any atom is 0.123 e. The second-order valence-corrected chi connectivity index (χ2v) is 5.38. The Labute approximate surface area is 121 Å². The van der Waals surface area contributed by atoms with Crippen molar-refractivity contribution < 1.29 is 4.74 Å². The maximum atomic E-state index is 5.46. The molecule has 20 heavy (non-hydrogen) atoms. The summed E-state index contributed by atoms with van der Waals surface area (Å²) in [5.74, 6) is 0.940. The molecule has 0 saturated carbocycles. The molecule has 2 aromatic rings. The van der Waals surface area contributed by atoms with E-state index in [1.165, 1.54) is 22.3 Å². The predicted molar refractivity (Wildman–Crippen MR) is 85.1 cm³/mol. The lowest BCUT2D eigenvalue weighted by Crippen LogP contribution is -2.22. The van der Waals surface area contributed by atoms with Crippen molar-refractivity contribution in [1.82, 2.24) is 5.32 Å². The first-order valence-corrected chi connectivity index (χ1v) is 7.08. The number of hydrogen-bond donors (Lipinski definition) is 1. The van der Waals surface area contributed by atoms with Crippen LogP contribution in [0.25, 0.3) is 11.1 Å². The molecule has 0 heterocycles. The monoisotopic (exact) mass is 269 g/mol. The number of rotatable bonds is 5. The highest BCUT2D eigenvalue weighted by atomic mass is 16.5. The molecule has 0 bridgehead atoms. The topological polar surface area (TPSA) is 21.3 Å². The Morgan fingerprint density at radius 2 is 1.85 bits per heavy atom. The minimum atomic E-state index is 0.460. The van der Waals surface area contributed by atoms with Crippen molar-refractivity contribution in [3.05, 3.63) is 53.6 Å². The Bertz CT molecular complexity index is 575. The first-order chi connectivity index (χ1) is 9.61. The molecule has 0 spiro atoms. The Hall–Kier alpha value is -1.80. The minimum absolute atomic E-state index is 0.460. The van der Waals surface area contributed by atoms with Gasteiger partial charge in [-0.25, -0.2) is 0 Å². The standard InChI is InChI=1S/C18H23NO/c1-13(2)19-12-16-11-15(9-10-18(16)20-4)17-8-6-5-7-14(17)3/h5-11,13,19H,12H2,1-4H3. The molecule has 0 amide bonds. The van der Waals surface area contributed by atoms with Crippen molar-refractivity contribution in [1.29, 1.82) is 0 Å². The maximum absolute atomic E-state index is 5.46. The van der Waals surface area contributed by atoms with Gasteiger partial charge in [-0.15, -0.1) is 0 Å². The van der Waals surface area contributed by atoms with E-state index in [1.54, 1.807) is 7.11 Å². The van der Waals surface area contributed by atoms with Gasteiger partial charge < -0.3 is 10.1 Å². The molecular formula is C18H23NO. The molecule has 0 fully saturated rings. The van der Waals surface area contributed by atoms with E-state index in [0.717, 1.165) is 12.3 Å². The third kappa shape index (κ3) is 3.40. The molecule has 0 radical (unpaired) electrons. The van der Waals surface area contributed by atoms with E-state index in [2.05, 4.69) is 68.6 Å². The van der Waals surface area contributed by atoms with Crippen LogP contribution in [0.1, 0.15) is 25.0 Å². The van der Waals surface area contributed by atoms with Gasteiger partial charge in [0.1, 0.15) is 5.75 Å². The van der Waals surface area contributed by atoms with Gasteiger partial charge in [0.2, 0.25) is 0 Å². The lowest BCUT2D eigenvalue weighted by Gasteiger charge is -2.14. The fourth-order valence-corrected chi connectivity index (χ4v) is 2.30. The highest BCUT2D eigenvalue weighted by Gasteiger charge is 2.07. The highest BCUT2D eigenvalue weighted by Crippen LogP contribution is 2.28. The van der Waals surface area contributed by atoms with E-state index < -0.39 is 0 Å². The number of hydrogen-bond acceptors (Lipinski definition) is 2. The molecule has 0 atom stereocenters. The molecule has 106 valence electrons. The van der Waals surface area contributed by atoms with Crippen LogP contribution in [0.4, 0.5) is 0 Å². The lowest BCUT2D eigenvalue weighted by atomic mass is 9.98. The van der Waals surface area contributed by atoms with Crippen LogP contribution in [0, 0.1) is 6.92 Å². The highest BCUT2D eigenvalue weighted by molar-refractivity contribution is 5.68. The van der Waals surface area contributed by atoms with Crippen LogP contribution >= 0.6 is 0 Å². The molecule has 0 saturated heterocycles. The molecule has 0 aromatic heterocycles. The zero-order valence-corrected chi connectivity index (χ0v) is 12.7. The minimum Gasteiger partial charge on any atom is -0.496 e. The van der Waals surface area contributed by atoms with Gasteiger partial charge in [0.15, 0.2) is 0 Å². The third-order valence-electron chi connectivity index (χ3n) is 3.44. The Morgan fingerprint density at radius 1 is 1.10 bits per heavy atom. The van der Waals surface area contributed by atoms with E-state index >= 15 is 0 Å². The van der Waals surface area contributed by atoms with Crippen LogP contribution in [-0.4, -0.2) is 13.2 Å². The predicted octanol–water partition coefficient (Wildman–Crippen LogP) is 4.17. The van der Waals surface area contributed by atoms with Crippen LogP contribution in [0.15, 0.2) is 42.5 Å². The number of aryl methyl sites for hydroxylation is 1. The first kappa shape index (κ1) is 14.6. The SMILES string of the molecule is COc1ccc(-c2ccccc2C)cc1CNC(C)C. The molecular weight excluding hydrogens is 246 g/mol. The summed E-state index contributed by atoms with van der Waals surface area (Å²) >= 11 is 0. The van der Waals surface area contributed by atoms with Crippen LogP contribution in [0.5, 0.6) is 5.75 Å². The van der Waals surface area contributed by atoms with Crippen molar-refractivity contribution in [2.45, 2.75) is 33.4 Å². The summed E-state index contributed by atoms with van der Waals surface area (Å²) in [6.07, 6.45) is 0. The molecule has 2 nitrogen and oxygen atoms in total. The van der Waals surface area contributed by atoms with Crippen LogP contribution < -0.4 is 10.1 Å². The van der Waals surface area contributed by atoms with Gasteiger partial charge in [-0.3, -0.25) is 0 Å². The van der Waals surface area contributed by atoms with Crippen LogP contribution in [0.2, 0.25) is 0 Å². The second kappa shape index (κ2) is 6.58. The Morgan fingerprint density at radius 3 is 2.50 bits per heavy atom. The summed E-state index contributed by atoms with van der Waals surface area (Å²) in [7, 11) is 1.72. The second-order valence-electron chi connectivity index (χ2n) is 5.38. The largest absolute Gasteiger partial charge is 0.496 e. The zero-order valence-electron chi connectivity index (χ0n) is 12.7. The van der Waals surface area contributed by atoms with Gasteiger partial charge in [-0.05, 0) is 35.7 Å². The van der Waals surface area contributed by atoms with Gasteiger partial charge in [-0.2, -0.15) is 0 Å². The van der Waals surface area contributed by atoms with Gasteiger partial charge in [0, 0.05) is 18.2 Å². The summed E-state index contributed by atoms with van der Waals surface area (Å²) in [5, 5.41) is 3.45. The number of methoxy groups -OCH3 is 1. The Balaban J connectivity index is 2.36. The van der Waals surface area contributed by atoms with Gasteiger partial charge >= 0.3 is 0 Å². The van der Waals surface area contributed by atoms with Gasteiger partial charge in [0.25, 0.3) is 0 Å². The summed E-state index contributed by atoms with van der Waals surface area (Å²) in [6, 6.07) is 15.3. The molecule has 2 heteroatoms. The van der Waals surface area contributed by atoms with Crippen molar-refractivity contribution in [2.24, 2.45) is 0 Å². The molecule has 0 unspecified atom stereocenters. The summed E-state index contributed by atoms with van der Waals surface area (Å²) < 4.78 is 5.46. The van der Waals surface area contributed by atoms with Crippen molar-refractivity contribution in [2.75, 3.05) is 7.11 Å². The van der Waals surface area contributed by atoms with E-state index in [4.69, 9.17) is 4.74 Å². The van der Waals surface area contributed by atoms with Crippen molar-refractivity contribution >= 4 is 0 Å². The van der Waals surface area contributed by atoms with Gasteiger partial charge in [-0.1, -0.05) is 44.2 Å². The number of ether oxygens (including phenoxy) is 1. The number of benzene rings is 2. The summed E-state index contributed by atoms with van der Waals surface area (Å²) in [5.41, 5.74) is 5.01. The fourth-order valence-electron chi connectivity index (χ4n) is 2.30. The fraction of sp³-hybridized carbons (Fsp3) is 0.333. The quantitative estimate of drug-likeness (QED) is 0.879. The van der Waals surface area contributed by atoms with E-state index in [9.17, 15) is 0 Å². The average molecular weight is 269 g/mol.